The zero-order valence-corrected chi connectivity index (χ0v) is 14.4. The number of nitrogens with zero attached hydrogens (tertiary/aromatic N) is 4. The highest BCUT2D eigenvalue weighted by molar-refractivity contribution is 5.82. The summed E-state index contributed by atoms with van der Waals surface area (Å²) >= 11 is 0. The van der Waals surface area contributed by atoms with Crippen molar-refractivity contribution in [2.24, 2.45) is 0 Å². The number of rotatable bonds is 5. The topological polar surface area (TPSA) is 117 Å². The smallest absolute Gasteiger partial charge is 0.238 e. The number of aromatic nitrogens is 4. The highest BCUT2D eigenvalue weighted by Gasteiger charge is 2.31. The molecule has 0 radical (unpaired) electrons. The summed E-state index contributed by atoms with van der Waals surface area (Å²) in [4.78, 5) is 12.5. The first-order valence-electron chi connectivity index (χ1n) is 8.61. The summed E-state index contributed by atoms with van der Waals surface area (Å²) in [7, 11) is 0. The lowest BCUT2D eigenvalue weighted by molar-refractivity contribution is -0.123. The first kappa shape index (κ1) is 17.1. The number of tetrazole rings is 1. The number of hydrogen-bond acceptors (Lipinski definition) is 7. The van der Waals surface area contributed by atoms with Crippen LogP contribution < -0.4 is 16.2 Å². The van der Waals surface area contributed by atoms with Crippen molar-refractivity contribution in [1.29, 1.82) is 0 Å². The number of nitrogens with one attached hydrogen (secondary N) is 3. The van der Waals surface area contributed by atoms with Crippen molar-refractivity contribution in [3.63, 3.8) is 0 Å². The van der Waals surface area contributed by atoms with Gasteiger partial charge in [0.1, 0.15) is 11.8 Å². The Kier molecular flexibility index (Phi) is 4.77. The van der Waals surface area contributed by atoms with E-state index in [9.17, 15) is 9.90 Å². The summed E-state index contributed by atoms with van der Waals surface area (Å²) in [5.41, 5.74) is 7.62. The largest absolute Gasteiger partial charge is 0.508 e. The highest BCUT2D eigenvalue weighted by atomic mass is 16.3. The average Bonchev–Trinajstić information content (AvgIpc) is 3.37. The number of benzene rings is 2. The molecule has 27 heavy (non-hydrogen) atoms. The van der Waals surface area contributed by atoms with Crippen molar-refractivity contribution in [3.05, 3.63) is 66.0 Å². The molecule has 2 unspecified atom stereocenters. The summed E-state index contributed by atoms with van der Waals surface area (Å²) in [6.45, 7) is 0.208. The normalized spacial score (nSPS) is 19.1. The molecule has 3 aromatic rings. The maximum atomic E-state index is 12.5. The van der Waals surface area contributed by atoms with Crippen molar-refractivity contribution in [3.8, 4) is 11.4 Å². The van der Waals surface area contributed by atoms with Crippen LogP contribution in [0.2, 0.25) is 0 Å². The number of hydrazine groups is 1. The minimum Gasteiger partial charge on any atom is -0.508 e. The van der Waals surface area contributed by atoms with Gasteiger partial charge >= 0.3 is 0 Å². The Morgan fingerprint density at radius 3 is 2.74 bits per heavy atom. The van der Waals surface area contributed by atoms with Crippen LogP contribution in [0.4, 0.5) is 0 Å². The van der Waals surface area contributed by atoms with Crippen LogP contribution in [-0.2, 0) is 11.3 Å². The van der Waals surface area contributed by atoms with Gasteiger partial charge in [0.2, 0.25) is 5.91 Å². The van der Waals surface area contributed by atoms with Gasteiger partial charge in [0.15, 0.2) is 5.82 Å². The quantitative estimate of drug-likeness (QED) is 0.523. The molecule has 2 aromatic carbocycles. The summed E-state index contributed by atoms with van der Waals surface area (Å²) in [6.07, 6.45) is 0.521. The van der Waals surface area contributed by atoms with Gasteiger partial charge in [-0.05, 0) is 35.0 Å². The zero-order valence-electron chi connectivity index (χ0n) is 14.4. The first-order valence-corrected chi connectivity index (χ1v) is 8.61. The van der Waals surface area contributed by atoms with Gasteiger partial charge in [-0.15, -0.1) is 5.10 Å². The molecule has 0 aliphatic carbocycles. The van der Waals surface area contributed by atoms with E-state index < -0.39 is 6.04 Å². The van der Waals surface area contributed by atoms with Crippen LogP contribution in [0.3, 0.4) is 0 Å². The molecular weight excluding hydrogens is 346 g/mol. The Morgan fingerprint density at radius 2 is 1.93 bits per heavy atom. The van der Waals surface area contributed by atoms with E-state index in [1.54, 1.807) is 16.8 Å². The molecule has 1 saturated heterocycles. The molecule has 0 spiro atoms. The van der Waals surface area contributed by atoms with Crippen LogP contribution in [0.15, 0.2) is 54.6 Å². The van der Waals surface area contributed by atoms with Gasteiger partial charge in [0.25, 0.3) is 0 Å². The third-order valence-corrected chi connectivity index (χ3v) is 4.49. The van der Waals surface area contributed by atoms with E-state index in [4.69, 9.17) is 0 Å². The van der Waals surface area contributed by atoms with E-state index in [1.807, 2.05) is 42.5 Å². The van der Waals surface area contributed by atoms with Crippen LogP contribution in [0, 0.1) is 0 Å². The second-order valence-corrected chi connectivity index (χ2v) is 6.25. The molecule has 4 N–H and O–H groups in total. The van der Waals surface area contributed by atoms with Gasteiger partial charge in [-0.25, -0.2) is 10.9 Å². The molecule has 1 fully saturated rings. The van der Waals surface area contributed by atoms with E-state index in [1.165, 1.54) is 0 Å². The number of amides is 1. The number of phenolic OH excluding ortho intramolecular Hbond substituents is 1. The molecule has 4 rings (SSSR count). The van der Waals surface area contributed by atoms with E-state index in [0.717, 1.165) is 11.3 Å². The van der Waals surface area contributed by atoms with Crippen molar-refractivity contribution < 1.29 is 9.90 Å². The summed E-state index contributed by atoms with van der Waals surface area (Å²) in [5.74, 6) is 0.584. The molecule has 0 bridgehead atoms. The van der Waals surface area contributed by atoms with Crippen LogP contribution >= 0.6 is 0 Å². The fourth-order valence-electron chi connectivity index (χ4n) is 3.09. The van der Waals surface area contributed by atoms with Gasteiger partial charge in [-0.2, -0.15) is 4.68 Å². The maximum Gasteiger partial charge on any atom is 0.238 e. The lowest BCUT2D eigenvalue weighted by Crippen LogP contribution is -2.43. The lowest BCUT2D eigenvalue weighted by atomic mass is 10.0. The van der Waals surface area contributed by atoms with Crippen LogP contribution in [0.5, 0.6) is 5.75 Å². The van der Waals surface area contributed by atoms with E-state index in [2.05, 4.69) is 31.7 Å². The third kappa shape index (κ3) is 3.64. The molecule has 9 nitrogen and oxygen atoms in total. The fraction of sp³-hybridized carbons (Fsp3) is 0.222. The Balaban J connectivity index is 1.37. The molecule has 1 aliphatic rings. The van der Waals surface area contributed by atoms with Crippen molar-refractivity contribution in [1.82, 2.24) is 36.4 Å². The van der Waals surface area contributed by atoms with Gasteiger partial charge in [-0.3, -0.25) is 4.79 Å². The summed E-state index contributed by atoms with van der Waals surface area (Å²) in [6, 6.07) is 16.0. The van der Waals surface area contributed by atoms with Gasteiger partial charge in [0.05, 0.1) is 18.3 Å². The van der Waals surface area contributed by atoms with Crippen molar-refractivity contribution in [2.45, 2.75) is 25.0 Å². The van der Waals surface area contributed by atoms with Crippen molar-refractivity contribution >= 4 is 5.91 Å². The average molecular weight is 365 g/mol. The summed E-state index contributed by atoms with van der Waals surface area (Å²) < 4.78 is 1.59. The van der Waals surface area contributed by atoms with E-state index in [0.29, 0.717) is 12.2 Å². The van der Waals surface area contributed by atoms with Crippen LogP contribution in [0.1, 0.15) is 23.9 Å². The fourth-order valence-corrected chi connectivity index (χ4v) is 3.09. The van der Waals surface area contributed by atoms with Crippen LogP contribution in [0.25, 0.3) is 5.69 Å². The number of para-hydroxylation sites is 2. The van der Waals surface area contributed by atoms with E-state index in [-0.39, 0.29) is 24.2 Å². The van der Waals surface area contributed by atoms with Crippen LogP contribution in [-0.4, -0.2) is 37.3 Å². The molecule has 2 atom stereocenters. The number of hydrogen-bond donors (Lipinski definition) is 4. The molecule has 1 aliphatic heterocycles. The monoisotopic (exact) mass is 365 g/mol. The Morgan fingerprint density at radius 1 is 1.15 bits per heavy atom. The second-order valence-electron chi connectivity index (χ2n) is 6.25. The number of carbonyl (C=O) groups excluding carboxylic acids is 1. The Labute approximate surface area is 155 Å². The number of phenols is 1. The first-order chi connectivity index (χ1) is 13.2. The van der Waals surface area contributed by atoms with Gasteiger partial charge in [-0.1, -0.05) is 36.4 Å². The minimum absolute atomic E-state index is 0.142. The zero-order chi connectivity index (χ0) is 18.6. The maximum absolute atomic E-state index is 12.5. The molecule has 2 heterocycles. The predicted octanol–water partition coefficient (Wildman–Crippen LogP) is 0.592. The second kappa shape index (κ2) is 7.52. The number of carbonyl (C=O) groups is 1. The Hall–Kier alpha value is -3.30. The Bertz CT molecular complexity index is 928. The molecule has 1 aromatic heterocycles. The van der Waals surface area contributed by atoms with Gasteiger partial charge in [0, 0.05) is 5.56 Å². The molecule has 1 amide bonds. The van der Waals surface area contributed by atoms with Gasteiger partial charge < -0.3 is 10.4 Å². The molecule has 0 saturated carbocycles. The SMILES string of the molecule is O=C(NCc1nnnn1-c1ccccc1)C1CC(c2ccccc2O)NN1. The minimum atomic E-state index is -0.421. The summed E-state index contributed by atoms with van der Waals surface area (Å²) in [5, 5.41) is 24.5. The molecule has 9 heteroatoms. The molecule has 138 valence electrons. The standard InChI is InChI=1S/C18H19N7O2/c26-16-9-5-4-8-13(16)14-10-15(21-20-14)18(27)19-11-17-22-23-24-25(17)12-6-2-1-3-7-12/h1-9,14-15,20-21,26H,10-11H2,(H,19,27). The number of aromatic hydroxyl groups is 1. The lowest BCUT2D eigenvalue weighted by Gasteiger charge is -2.11. The van der Waals surface area contributed by atoms with E-state index >= 15 is 0 Å². The third-order valence-electron chi connectivity index (χ3n) is 4.49. The highest BCUT2D eigenvalue weighted by Crippen LogP contribution is 2.29. The molecular formula is C18H19N7O2. The van der Waals surface area contributed by atoms with Crippen molar-refractivity contribution in [2.75, 3.05) is 0 Å². The predicted molar refractivity (Wildman–Crippen MR) is 96.5 cm³/mol.